The molecule has 0 N–H and O–H groups in total. The summed E-state index contributed by atoms with van der Waals surface area (Å²) in [6.07, 6.45) is 0. The molecule has 0 atom stereocenters. The molecule has 21 heteroatoms. The second kappa shape index (κ2) is 23.8. The average Bonchev–Trinajstić information content (AvgIpc) is 1.61. The molecule has 0 fully saturated rings. The molecule has 0 spiro atoms. The van der Waals surface area contributed by atoms with Gasteiger partial charge in [-0.1, -0.05) is 72.8 Å². The molecule has 0 radical (unpaired) electrons. The first-order valence-electron chi connectivity index (χ1n) is 32.7. The smallest absolute Gasteiger partial charge is 0.266 e. The van der Waals surface area contributed by atoms with Crippen LogP contribution < -0.4 is 43.6 Å². The Morgan fingerprint density at radius 2 is 0.400 bits per heavy atom. The second-order valence-corrected chi connectivity index (χ2v) is 25.0. The van der Waals surface area contributed by atoms with Crippen LogP contribution in [-0.4, -0.2) is 70.9 Å². The van der Waals surface area contributed by atoms with Gasteiger partial charge in [-0.05, 0) is 204 Å². The van der Waals surface area contributed by atoms with Gasteiger partial charge in [-0.15, -0.1) is 0 Å². The Hall–Kier alpha value is -15.1. The summed E-state index contributed by atoms with van der Waals surface area (Å²) in [6, 6.07) is 70.0. The number of anilines is 6. The summed E-state index contributed by atoms with van der Waals surface area (Å²) in [6.45, 7) is 0. The fraction of sp³-hybridized carbons (Fsp3) is 0. The van der Waals surface area contributed by atoms with Crippen molar-refractivity contribution in [1.29, 1.82) is 0 Å². The van der Waals surface area contributed by atoms with Gasteiger partial charge in [0.25, 0.3) is 70.9 Å². The van der Waals surface area contributed by atoms with E-state index in [1.165, 1.54) is 48.5 Å². The van der Waals surface area contributed by atoms with Gasteiger partial charge in [0, 0.05) is 12.1 Å². The van der Waals surface area contributed by atoms with Gasteiger partial charge in [0.05, 0.1) is 101 Å². The van der Waals surface area contributed by atoms with Gasteiger partial charge in [0.15, 0.2) is 0 Å². The highest BCUT2D eigenvalue weighted by molar-refractivity contribution is 6.40. The Morgan fingerprint density at radius 3 is 0.733 bits per heavy atom. The molecule has 6 aliphatic rings. The van der Waals surface area contributed by atoms with Gasteiger partial charge in [0.2, 0.25) is 0 Å². The van der Waals surface area contributed by atoms with E-state index in [-0.39, 0.29) is 78.8 Å². The minimum absolute atomic E-state index is 0.0702. The summed E-state index contributed by atoms with van der Waals surface area (Å²) < 4.78 is 18.4. The summed E-state index contributed by atoms with van der Waals surface area (Å²) in [4.78, 5) is 172. The molecule has 12 aromatic carbocycles. The number of amides is 12. The molecule has 0 aromatic heterocycles. The van der Waals surface area contributed by atoms with Gasteiger partial charge in [-0.25, -0.2) is 29.4 Å². The van der Waals surface area contributed by atoms with Gasteiger partial charge in [-0.3, -0.25) is 57.5 Å². The molecular formula is C84H44N6O15. The zero-order valence-electron chi connectivity index (χ0n) is 54.2. The van der Waals surface area contributed by atoms with E-state index in [2.05, 4.69) is 0 Å². The number of carbonyl (C=O) groups is 12. The van der Waals surface area contributed by atoms with Crippen molar-refractivity contribution in [3.8, 4) is 56.8 Å². The quantitative estimate of drug-likeness (QED) is 0.0918. The molecular weight excluding hydrogens is 1330 g/mol. The summed E-state index contributed by atoms with van der Waals surface area (Å²) >= 11 is 0. The van der Waals surface area contributed by atoms with Crippen molar-refractivity contribution in [2.75, 3.05) is 29.4 Å². The lowest BCUT2D eigenvalue weighted by atomic mass is 9.94. The molecule has 0 bridgehead atoms. The molecule has 21 nitrogen and oxygen atoms in total. The molecule has 6 heterocycles. The molecule has 6 aliphatic heterocycles. The van der Waals surface area contributed by atoms with Crippen LogP contribution in [0.25, 0.3) is 22.3 Å². The van der Waals surface area contributed by atoms with Crippen LogP contribution >= 0.6 is 0 Å². The Labute approximate surface area is 593 Å². The molecule has 18 rings (SSSR count). The Kier molecular flexibility index (Phi) is 14.1. The molecule has 0 saturated heterocycles. The average molecular weight is 1380 g/mol. The first-order valence-corrected chi connectivity index (χ1v) is 32.7. The standard InChI is InChI=1S/C84H44N6O15/c91-73-61-13-1-2-14-62(61)74(92)85(73)47-23-31-53(32-24-47)103-54-33-29-50(30-34-54)88-79(97)67-19-7-17-59(71(67)83(88)101)45-21-39-65-69(41-45)81(99)86(77(65)95)49-27-37-56(38-28-49)105-58-12-6-10-52(44-58)90-80(98)68-20-8-18-60(72(68)84(90)102)46-22-40-66-70(42-46)82(100)87(78(66)96)48-25-35-55(36-26-48)104-57-11-5-9-51(43-57)89-75(93)63-15-3-4-16-64(63)76(89)94/h1-44H. The van der Waals surface area contributed by atoms with Crippen molar-refractivity contribution >= 4 is 105 Å². The van der Waals surface area contributed by atoms with E-state index in [1.807, 2.05) is 0 Å². The minimum atomic E-state index is -0.648. The van der Waals surface area contributed by atoms with Crippen molar-refractivity contribution < 1.29 is 71.7 Å². The molecule has 0 saturated carbocycles. The van der Waals surface area contributed by atoms with Crippen LogP contribution in [0.4, 0.5) is 34.1 Å². The maximum absolute atomic E-state index is 14.6. The van der Waals surface area contributed by atoms with Crippen molar-refractivity contribution in [3.63, 3.8) is 0 Å². The predicted octanol–water partition coefficient (Wildman–Crippen LogP) is 15.2. The lowest BCUT2D eigenvalue weighted by Gasteiger charge is -2.16. The maximum atomic E-state index is 14.6. The van der Waals surface area contributed by atoms with Crippen LogP contribution in [0.1, 0.15) is 124 Å². The van der Waals surface area contributed by atoms with Gasteiger partial charge < -0.3 is 14.2 Å². The fourth-order valence-corrected chi connectivity index (χ4v) is 14.1. The number of benzene rings is 12. The van der Waals surface area contributed by atoms with Crippen LogP contribution in [-0.2, 0) is 0 Å². The number of nitrogens with zero attached hydrogens (tertiary/aromatic N) is 6. The van der Waals surface area contributed by atoms with E-state index >= 15 is 0 Å². The van der Waals surface area contributed by atoms with Crippen molar-refractivity contribution in [2.24, 2.45) is 0 Å². The van der Waals surface area contributed by atoms with E-state index in [4.69, 9.17) is 14.2 Å². The lowest BCUT2D eigenvalue weighted by molar-refractivity contribution is 0.0910. The van der Waals surface area contributed by atoms with Gasteiger partial charge in [0.1, 0.15) is 34.5 Å². The third-order valence-corrected chi connectivity index (χ3v) is 19.1. The molecule has 0 aliphatic carbocycles. The molecule has 500 valence electrons. The van der Waals surface area contributed by atoms with E-state index in [0.29, 0.717) is 78.9 Å². The lowest BCUT2D eigenvalue weighted by Crippen LogP contribution is -2.29. The summed E-state index contributed by atoms with van der Waals surface area (Å²) in [7, 11) is 0. The Balaban J connectivity index is 0.520. The van der Waals surface area contributed by atoms with Gasteiger partial charge in [-0.2, -0.15) is 0 Å². The van der Waals surface area contributed by atoms with Crippen LogP contribution in [0, 0.1) is 0 Å². The summed E-state index contributed by atoms with van der Waals surface area (Å²) in [5, 5.41) is 0. The van der Waals surface area contributed by atoms with Crippen LogP contribution in [0.5, 0.6) is 34.5 Å². The summed E-state index contributed by atoms with van der Waals surface area (Å²) in [5.74, 6) is -4.68. The van der Waals surface area contributed by atoms with Crippen LogP contribution in [0.2, 0.25) is 0 Å². The Bertz CT molecular complexity index is 5940. The zero-order chi connectivity index (χ0) is 71.8. The van der Waals surface area contributed by atoms with Gasteiger partial charge >= 0.3 is 0 Å². The molecule has 12 amide bonds. The zero-order valence-corrected chi connectivity index (χ0v) is 54.2. The Morgan fingerprint density at radius 1 is 0.162 bits per heavy atom. The highest BCUT2D eigenvalue weighted by Gasteiger charge is 2.44. The van der Waals surface area contributed by atoms with E-state index in [0.717, 1.165) is 29.4 Å². The number of hydrogen-bond donors (Lipinski definition) is 0. The van der Waals surface area contributed by atoms with E-state index < -0.39 is 70.9 Å². The molecule has 105 heavy (non-hydrogen) atoms. The number of fused-ring (bicyclic) bond motifs is 6. The number of carbonyl (C=O) groups excluding carboxylic acids is 12. The first-order chi connectivity index (χ1) is 51.0. The number of hydrogen-bond acceptors (Lipinski definition) is 15. The predicted molar refractivity (Wildman–Crippen MR) is 382 cm³/mol. The van der Waals surface area contributed by atoms with E-state index in [1.54, 1.807) is 218 Å². The van der Waals surface area contributed by atoms with Crippen molar-refractivity contribution in [3.05, 3.63) is 334 Å². The van der Waals surface area contributed by atoms with E-state index in [9.17, 15) is 57.5 Å². The second-order valence-electron chi connectivity index (χ2n) is 25.0. The number of rotatable bonds is 14. The van der Waals surface area contributed by atoms with Crippen LogP contribution in [0.15, 0.2) is 267 Å². The maximum Gasteiger partial charge on any atom is 0.266 e. The minimum Gasteiger partial charge on any atom is -0.457 e. The highest BCUT2D eigenvalue weighted by atomic mass is 16.5. The fourth-order valence-electron chi connectivity index (χ4n) is 14.1. The number of ether oxygens (including phenoxy) is 3. The topological polar surface area (TPSA) is 252 Å². The normalized spacial score (nSPS) is 14.8. The molecule has 12 aromatic rings. The third kappa shape index (κ3) is 9.86. The number of imide groups is 6. The van der Waals surface area contributed by atoms with Crippen molar-refractivity contribution in [1.82, 2.24) is 0 Å². The van der Waals surface area contributed by atoms with Crippen LogP contribution in [0.3, 0.4) is 0 Å². The van der Waals surface area contributed by atoms with Crippen molar-refractivity contribution in [2.45, 2.75) is 0 Å². The monoisotopic (exact) mass is 1380 g/mol. The largest absolute Gasteiger partial charge is 0.457 e. The third-order valence-electron chi connectivity index (χ3n) is 19.1. The SMILES string of the molecule is O=C1c2ccccc2C(=O)N1c1ccc(Oc2ccc(N3C(=O)c4cccc(-c5ccc6c(c5)C(=O)N(c5ccc(Oc7cccc(N8C(=O)c9cccc(-c%10ccc%11c(c%10)C(=O)N(c%10ccc(Oc%12cccc(N%13C(=O)c%14ccccc%14C%13=O)c%12)cc%10)C%11=O)c9C8=O)c7)cc5)C6=O)c4C3=O)cc2)cc1. The summed E-state index contributed by atoms with van der Waals surface area (Å²) in [5.41, 5.74) is 5.20. The first kappa shape index (κ1) is 62.2. The molecule has 0 unspecified atom stereocenters. The highest BCUT2D eigenvalue weighted by Crippen LogP contribution is 2.43.